The zero-order valence-electron chi connectivity index (χ0n) is 16.7. The first-order valence-corrected chi connectivity index (χ1v) is 9.06. The zero-order valence-corrected chi connectivity index (χ0v) is 16.7. The molecule has 0 aliphatic carbocycles. The summed E-state index contributed by atoms with van der Waals surface area (Å²) in [7, 11) is 3.36. The SMILES string of the molecule is CN=C(NCCc1cccc(OC)n1)N1CC(=O)N(C(C)C)C(C)(C)C1. The van der Waals surface area contributed by atoms with Crippen LogP contribution in [0.2, 0.25) is 0 Å². The third-order valence-electron chi connectivity index (χ3n) is 4.51. The van der Waals surface area contributed by atoms with E-state index in [4.69, 9.17) is 4.74 Å². The van der Waals surface area contributed by atoms with Gasteiger partial charge in [0.05, 0.1) is 19.2 Å². The summed E-state index contributed by atoms with van der Waals surface area (Å²) in [5.41, 5.74) is 0.712. The van der Waals surface area contributed by atoms with Gasteiger partial charge in [0.1, 0.15) is 0 Å². The third-order valence-corrected chi connectivity index (χ3v) is 4.51. The highest BCUT2D eigenvalue weighted by atomic mass is 16.5. The minimum Gasteiger partial charge on any atom is -0.481 e. The Labute approximate surface area is 156 Å². The number of carbonyl (C=O) groups is 1. The smallest absolute Gasteiger partial charge is 0.242 e. The van der Waals surface area contributed by atoms with Crippen LogP contribution in [0, 0.1) is 0 Å². The van der Waals surface area contributed by atoms with Crippen molar-refractivity contribution in [3.8, 4) is 5.88 Å². The fourth-order valence-electron chi connectivity index (χ4n) is 3.66. The summed E-state index contributed by atoms with van der Waals surface area (Å²) in [4.78, 5) is 25.4. The van der Waals surface area contributed by atoms with E-state index in [2.05, 4.69) is 43.0 Å². The van der Waals surface area contributed by atoms with Crippen LogP contribution in [0.4, 0.5) is 0 Å². The van der Waals surface area contributed by atoms with Crippen molar-refractivity contribution >= 4 is 11.9 Å². The minimum absolute atomic E-state index is 0.133. The molecule has 0 aromatic carbocycles. The number of ether oxygens (including phenoxy) is 1. The van der Waals surface area contributed by atoms with Crippen LogP contribution in [0.3, 0.4) is 0 Å². The van der Waals surface area contributed by atoms with Gasteiger partial charge in [-0.1, -0.05) is 6.07 Å². The number of nitrogens with zero attached hydrogens (tertiary/aromatic N) is 4. The van der Waals surface area contributed by atoms with Gasteiger partial charge < -0.3 is 19.9 Å². The van der Waals surface area contributed by atoms with E-state index in [1.165, 1.54) is 0 Å². The lowest BCUT2D eigenvalue weighted by atomic mass is 9.96. The molecular weight excluding hydrogens is 330 g/mol. The quantitative estimate of drug-likeness (QED) is 0.636. The molecule has 2 heterocycles. The van der Waals surface area contributed by atoms with Crippen molar-refractivity contribution in [2.75, 3.05) is 33.8 Å². The second kappa shape index (κ2) is 8.38. The Kier molecular flexibility index (Phi) is 6.45. The van der Waals surface area contributed by atoms with Crippen LogP contribution in [0.1, 0.15) is 33.4 Å². The number of aromatic nitrogens is 1. The molecule has 144 valence electrons. The summed E-state index contributed by atoms with van der Waals surface area (Å²) in [5, 5.41) is 3.35. The standard InChI is InChI=1S/C19H31N5O2/c1-14(2)24-17(25)12-23(13-19(24,3)4)18(20-5)21-11-10-15-8-7-9-16(22-15)26-6/h7-9,14H,10-13H2,1-6H3,(H,20,21). The van der Waals surface area contributed by atoms with E-state index in [1.54, 1.807) is 14.2 Å². The van der Waals surface area contributed by atoms with Crippen molar-refractivity contribution in [3.63, 3.8) is 0 Å². The first-order chi connectivity index (χ1) is 12.3. The topological polar surface area (TPSA) is 70.1 Å². The molecule has 0 radical (unpaired) electrons. The normalized spacial score (nSPS) is 17.7. The molecule has 0 bridgehead atoms. The zero-order chi connectivity index (χ0) is 19.3. The Morgan fingerprint density at radius 2 is 2.15 bits per heavy atom. The fourth-order valence-corrected chi connectivity index (χ4v) is 3.66. The number of guanidine groups is 1. The number of hydrogen-bond donors (Lipinski definition) is 1. The number of aliphatic imine (C=N–C) groups is 1. The monoisotopic (exact) mass is 361 g/mol. The highest BCUT2D eigenvalue weighted by Crippen LogP contribution is 2.24. The van der Waals surface area contributed by atoms with Crippen LogP contribution < -0.4 is 10.1 Å². The maximum absolute atomic E-state index is 12.6. The van der Waals surface area contributed by atoms with Crippen LogP contribution in [0.5, 0.6) is 5.88 Å². The number of nitrogens with one attached hydrogen (secondary N) is 1. The maximum Gasteiger partial charge on any atom is 0.242 e. The molecule has 7 nitrogen and oxygen atoms in total. The Morgan fingerprint density at radius 1 is 1.42 bits per heavy atom. The highest BCUT2D eigenvalue weighted by Gasteiger charge is 2.40. The number of pyridine rings is 1. The molecule has 7 heteroatoms. The average molecular weight is 361 g/mol. The Morgan fingerprint density at radius 3 is 2.73 bits per heavy atom. The molecule has 0 spiro atoms. The molecule has 1 amide bonds. The molecule has 1 aliphatic rings. The van der Waals surface area contributed by atoms with Gasteiger partial charge in [-0.2, -0.15) is 0 Å². The lowest BCUT2D eigenvalue weighted by Gasteiger charge is -2.49. The predicted molar refractivity (Wildman–Crippen MR) is 103 cm³/mol. The molecule has 26 heavy (non-hydrogen) atoms. The van der Waals surface area contributed by atoms with Gasteiger partial charge in [0.15, 0.2) is 5.96 Å². The van der Waals surface area contributed by atoms with Crippen molar-refractivity contribution in [2.24, 2.45) is 4.99 Å². The van der Waals surface area contributed by atoms with Gasteiger partial charge in [0, 0.05) is 44.4 Å². The molecule has 0 atom stereocenters. The fraction of sp³-hybridized carbons (Fsp3) is 0.632. The van der Waals surface area contributed by atoms with Gasteiger partial charge in [-0.15, -0.1) is 0 Å². The van der Waals surface area contributed by atoms with Gasteiger partial charge in [-0.05, 0) is 33.8 Å². The second-order valence-corrected chi connectivity index (χ2v) is 7.42. The summed E-state index contributed by atoms with van der Waals surface area (Å²) >= 11 is 0. The molecule has 1 aromatic heterocycles. The van der Waals surface area contributed by atoms with Gasteiger partial charge in [0.2, 0.25) is 11.8 Å². The number of amides is 1. The Bertz CT molecular complexity index is 657. The van der Waals surface area contributed by atoms with E-state index in [0.29, 0.717) is 19.0 Å². The first-order valence-electron chi connectivity index (χ1n) is 9.06. The molecule has 0 unspecified atom stereocenters. The number of hydrogen-bond acceptors (Lipinski definition) is 4. The van der Waals surface area contributed by atoms with E-state index in [1.807, 2.05) is 28.0 Å². The van der Waals surface area contributed by atoms with E-state index in [0.717, 1.165) is 24.6 Å². The second-order valence-electron chi connectivity index (χ2n) is 7.42. The van der Waals surface area contributed by atoms with E-state index < -0.39 is 0 Å². The first kappa shape index (κ1) is 20.0. The van der Waals surface area contributed by atoms with Crippen molar-refractivity contribution in [2.45, 2.75) is 45.7 Å². The number of carbonyl (C=O) groups excluding carboxylic acids is 1. The van der Waals surface area contributed by atoms with Crippen LogP contribution in [-0.4, -0.2) is 72.0 Å². The van der Waals surface area contributed by atoms with E-state index in [-0.39, 0.29) is 17.5 Å². The van der Waals surface area contributed by atoms with E-state index in [9.17, 15) is 4.79 Å². The molecular formula is C19H31N5O2. The summed E-state index contributed by atoms with van der Waals surface area (Å²) in [6.07, 6.45) is 0.750. The predicted octanol–water partition coefficient (Wildman–Crippen LogP) is 1.54. The van der Waals surface area contributed by atoms with Gasteiger partial charge in [-0.25, -0.2) is 4.98 Å². The van der Waals surface area contributed by atoms with Crippen LogP contribution in [0.25, 0.3) is 0 Å². The van der Waals surface area contributed by atoms with E-state index >= 15 is 0 Å². The molecule has 1 aliphatic heterocycles. The summed E-state index contributed by atoms with van der Waals surface area (Å²) in [5.74, 6) is 1.50. The highest BCUT2D eigenvalue weighted by molar-refractivity contribution is 5.88. The summed E-state index contributed by atoms with van der Waals surface area (Å²) in [6, 6.07) is 5.93. The molecule has 2 rings (SSSR count). The molecule has 1 saturated heterocycles. The van der Waals surface area contributed by atoms with Gasteiger partial charge in [0.25, 0.3) is 0 Å². The number of piperazine rings is 1. The van der Waals surface area contributed by atoms with Gasteiger partial charge in [-0.3, -0.25) is 9.79 Å². The summed E-state index contributed by atoms with van der Waals surface area (Å²) < 4.78 is 5.16. The van der Waals surface area contributed by atoms with Gasteiger partial charge >= 0.3 is 0 Å². The lowest BCUT2D eigenvalue weighted by Crippen LogP contribution is -2.66. The van der Waals surface area contributed by atoms with Crippen molar-refractivity contribution in [1.29, 1.82) is 0 Å². The third kappa shape index (κ3) is 4.65. The number of rotatable bonds is 5. The molecule has 1 N–H and O–H groups in total. The Balaban J connectivity index is 1.97. The lowest BCUT2D eigenvalue weighted by molar-refractivity contribution is -0.145. The molecule has 1 fully saturated rings. The maximum atomic E-state index is 12.6. The van der Waals surface area contributed by atoms with Crippen molar-refractivity contribution in [1.82, 2.24) is 20.1 Å². The van der Waals surface area contributed by atoms with Crippen LogP contribution >= 0.6 is 0 Å². The van der Waals surface area contributed by atoms with Crippen LogP contribution in [-0.2, 0) is 11.2 Å². The molecule has 0 saturated carbocycles. The number of methoxy groups -OCH3 is 1. The van der Waals surface area contributed by atoms with Crippen molar-refractivity contribution < 1.29 is 9.53 Å². The van der Waals surface area contributed by atoms with Crippen LogP contribution in [0.15, 0.2) is 23.2 Å². The average Bonchev–Trinajstić information content (AvgIpc) is 2.57. The Hall–Kier alpha value is -2.31. The largest absolute Gasteiger partial charge is 0.481 e. The van der Waals surface area contributed by atoms with Crippen molar-refractivity contribution in [3.05, 3.63) is 23.9 Å². The molecule has 1 aromatic rings. The minimum atomic E-state index is -0.241. The summed E-state index contributed by atoms with van der Waals surface area (Å²) in [6.45, 7) is 10.1.